The number of carbonyl (C=O) groups is 2. The molecular weight excluding hydrogens is 767 g/mol. The van der Waals surface area contributed by atoms with E-state index in [0.29, 0.717) is 12.8 Å². The van der Waals surface area contributed by atoms with Gasteiger partial charge >= 0.3 is 19.8 Å². The van der Waals surface area contributed by atoms with Gasteiger partial charge in [0.15, 0.2) is 6.10 Å². The molecule has 6 unspecified atom stereocenters. The Labute approximate surface area is 349 Å². The highest BCUT2D eigenvalue weighted by Gasteiger charge is 2.51. The fraction of sp³-hybridized carbons (Fsp3) is 0.864. The summed E-state index contributed by atoms with van der Waals surface area (Å²) in [7, 11) is -5.11. The first-order valence-corrected chi connectivity index (χ1v) is 24.1. The van der Waals surface area contributed by atoms with Crippen molar-refractivity contribution in [2.45, 2.75) is 230 Å². The molecule has 0 aliphatic heterocycles. The molecule has 1 saturated carbocycles. The van der Waals surface area contributed by atoms with Gasteiger partial charge in [0.2, 0.25) is 0 Å². The maximum atomic E-state index is 12.8. The number of phosphoric acid groups is 1. The molecule has 0 amide bonds. The first-order valence-electron chi connectivity index (χ1n) is 22.6. The molecule has 1 fully saturated rings. The number of esters is 2. The molecule has 1 aliphatic rings. The Morgan fingerprint density at radius 3 is 1.45 bits per heavy atom. The lowest BCUT2D eigenvalue weighted by Gasteiger charge is -2.41. The van der Waals surface area contributed by atoms with Crippen LogP contribution in [0.3, 0.4) is 0 Å². The number of allylic oxidation sites excluding steroid dienone is 4. The zero-order valence-electron chi connectivity index (χ0n) is 35.8. The lowest BCUT2D eigenvalue weighted by Crippen LogP contribution is -2.64. The lowest BCUT2D eigenvalue weighted by atomic mass is 9.85. The fourth-order valence-corrected chi connectivity index (χ4v) is 7.81. The maximum absolute atomic E-state index is 12.8. The molecule has 0 radical (unpaired) electrons. The van der Waals surface area contributed by atoms with Crippen molar-refractivity contribution in [3.63, 3.8) is 0 Å². The normalized spacial score (nSPS) is 22.7. The molecule has 0 heterocycles. The first kappa shape index (κ1) is 54.3. The fourth-order valence-electron chi connectivity index (χ4n) is 6.83. The molecule has 0 aromatic carbocycles. The molecule has 13 nitrogen and oxygen atoms in total. The van der Waals surface area contributed by atoms with Gasteiger partial charge in [0.25, 0.3) is 0 Å². The Balaban J connectivity index is 2.47. The first-order chi connectivity index (χ1) is 27.9. The minimum Gasteiger partial charge on any atom is -0.462 e. The van der Waals surface area contributed by atoms with Crippen LogP contribution in [0.2, 0.25) is 0 Å². The average Bonchev–Trinajstić information content (AvgIpc) is 3.20. The Morgan fingerprint density at radius 1 is 0.534 bits per heavy atom. The van der Waals surface area contributed by atoms with Crippen molar-refractivity contribution < 1.29 is 63.1 Å². The molecule has 6 N–H and O–H groups in total. The van der Waals surface area contributed by atoms with Crippen LogP contribution in [0.25, 0.3) is 0 Å². The quantitative estimate of drug-likeness (QED) is 0.0150. The van der Waals surface area contributed by atoms with Crippen LogP contribution in [0.1, 0.15) is 187 Å². The Bertz CT molecular complexity index is 1120. The van der Waals surface area contributed by atoms with Crippen LogP contribution in [0, 0.1) is 0 Å². The van der Waals surface area contributed by atoms with Gasteiger partial charge < -0.3 is 39.9 Å². The van der Waals surface area contributed by atoms with Crippen molar-refractivity contribution >= 4 is 19.8 Å². The van der Waals surface area contributed by atoms with Crippen LogP contribution in [0.5, 0.6) is 0 Å². The summed E-state index contributed by atoms with van der Waals surface area (Å²) < 4.78 is 33.5. The number of rotatable bonds is 37. The summed E-state index contributed by atoms with van der Waals surface area (Å²) in [6, 6.07) is 0. The van der Waals surface area contributed by atoms with Crippen molar-refractivity contribution in [3.8, 4) is 0 Å². The minimum atomic E-state index is -5.11. The highest BCUT2D eigenvalue weighted by atomic mass is 31.2. The Kier molecular flexibility index (Phi) is 32.8. The second-order valence-corrected chi connectivity index (χ2v) is 17.3. The molecule has 0 bridgehead atoms. The number of aliphatic hydroxyl groups excluding tert-OH is 5. The number of unbranched alkanes of at least 4 members (excludes halogenated alkanes) is 21. The minimum absolute atomic E-state index is 0.0977. The smallest absolute Gasteiger partial charge is 0.462 e. The number of aliphatic hydroxyl groups is 5. The van der Waals surface area contributed by atoms with Gasteiger partial charge in [0, 0.05) is 12.8 Å². The molecule has 1 rings (SSSR count). The predicted octanol–water partition coefficient (Wildman–Crippen LogP) is 8.45. The molecule has 1 aliphatic carbocycles. The van der Waals surface area contributed by atoms with Gasteiger partial charge in [-0.25, -0.2) is 4.57 Å². The SMILES string of the molecule is CCCC/C=C\C/C=C\CCCCCCCC(=O)OC[C@H](COP(=O)(O)OC1C(O)C(O)C(O)[C@@H](O)C1O)OC(=O)CCCCCCCCCCCCCCCCC. The van der Waals surface area contributed by atoms with E-state index in [0.717, 1.165) is 70.6 Å². The number of hydrogen-bond acceptors (Lipinski definition) is 12. The zero-order chi connectivity index (χ0) is 42.9. The van der Waals surface area contributed by atoms with Gasteiger partial charge in [-0.05, 0) is 38.5 Å². The van der Waals surface area contributed by atoms with Crippen LogP contribution in [-0.4, -0.2) is 98.3 Å². The van der Waals surface area contributed by atoms with E-state index in [4.69, 9.17) is 18.5 Å². The summed E-state index contributed by atoms with van der Waals surface area (Å²) in [5.41, 5.74) is 0. The predicted molar refractivity (Wildman–Crippen MR) is 226 cm³/mol. The molecule has 0 spiro atoms. The number of hydrogen-bond donors (Lipinski definition) is 6. The van der Waals surface area contributed by atoms with Gasteiger partial charge in [-0.15, -0.1) is 0 Å². The highest BCUT2D eigenvalue weighted by molar-refractivity contribution is 7.47. The summed E-state index contributed by atoms with van der Waals surface area (Å²) in [5, 5.41) is 50.1. The summed E-state index contributed by atoms with van der Waals surface area (Å²) >= 11 is 0. The summed E-state index contributed by atoms with van der Waals surface area (Å²) in [6.07, 6.45) is 23.7. The van der Waals surface area contributed by atoms with E-state index in [9.17, 15) is 44.6 Å². The van der Waals surface area contributed by atoms with Crippen LogP contribution in [-0.2, 0) is 32.7 Å². The zero-order valence-corrected chi connectivity index (χ0v) is 36.7. The molecule has 340 valence electrons. The monoisotopic (exact) mass is 849 g/mol. The van der Waals surface area contributed by atoms with Crippen LogP contribution < -0.4 is 0 Å². The standard InChI is InChI=1S/C44H81O13P/c1-3-5-7-9-11-13-15-17-19-21-23-25-27-29-31-33-38(46)56-36(35-55-58(52,53)57-44-42(50)40(48)39(47)41(49)43(44)51)34-54-37(45)32-30-28-26-24-22-20-18-16-14-12-10-8-6-4-2/h10,12,16,18,36,39-44,47-51H,3-9,11,13-15,17,19-35H2,1-2H3,(H,52,53)/b12-10-,18-16-/t36-,39?,40-,41?,42?,43?,44?/m1/s1. The molecule has 14 heteroatoms. The Hall–Kier alpha value is -1.67. The van der Waals surface area contributed by atoms with Gasteiger partial charge in [-0.2, -0.15) is 0 Å². The number of phosphoric ester groups is 1. The second kappa shape index (κ2) is 35.0. The summed E-state index contributed by atoms with van der Waals surface area (Å²) in [4.78, 5) is 35.6. The molecular formula is C44H81O13P. The van der Waals surface area contributed by atoms with E-state index in [1.807, 2.05) is 0 Å². The van der Waals surface area contributed by atoms with Crippen molar-refractivity contribution in [3.05, 3.63) is 24.3 Å². The highest BCUT2D eigenvalue weighted by Crippen LogP contribution is 2.47. The van der Waals surface area contributed by atoms with E-state index < -0.39 is 75.7 Å². The van der Waals surface area contributed by atoms with E-state index in [2.05, 4.69) is 38.2 Å². The van der Waals surface area contributed by atoms with Crippen molar-refractivity contribution in [1.82, 2.24) is 0 Å². The van der Waals surface area contributed by atoms with Gasteiger partial charge in [0.1, 0.15) is 43.2 Å². The topological polar surface area (TPSA) is 210 Å². The molecule has 0 aromatic rings. The summed E-state index contributed by atoms with van der Waals surface area (Å²) in [6.45, 7) is 3.25. The van der Waals surface area contributed by atoms with Crippen LogP contribution in [0.4, 0.5) is 0 Å². The third kappa shape index (κ3) is 27.2. The largest absolute Gasteiger partial charge is 0.472 e. The van der Waals surface area contributed by atoms with Gasteiger partial charge in [-0.1, -0.05) is 160 Å². The van der Waals surface area contributed by atoms with Crippen molar-refractivity contribution in [2.24, 2.45) is 0 Å². The molecule has 58 heavy (non-hydrogen) atoms. The van der Waals surface area contributed by atoms with Gasteiger partial charge in [0.05, 0.1) is 6.61 Å². The van der Waals surface area contributed by atoms with E-state index in [1.54, 1.807) is 0 Å². The molecule has 0 saturated heterocycles. The molecule has 0 aromatic heterocycles. The van der Waals surface area contributed by atoms with Gasteiger partial charge in [-0.3, -0.25) is 18.6 Å². The van der Waals surface area contributed by atoms with E-state index >= 15 is 0 Å². The third-order valence-corrected chi connectivity index (χ3v) is 11.5. The van der Waals surface area contributed by atoms with Crippen LogP contribution in [0.15, 0.2) is 24.3 Å². The average molecular weight is 849 g/mol. The molecule has 8 atom stereocenters. The lowest BCUT2D eigenvalue weighted by molar-refractivity contribution is -0.220. The second-order valence-electron chi connectivity index (χ2n) is 15.9. The summed E-state index contributed by atoms with van der Waals surface area (Å²) in [5.74, 6) is -1.11. The number of ether oxygens (including phenoxy) is 2. The van der Waals surface area contributed by atoms with Crippen molar-refractivity contribution in [1.29, 1.82) is 0 Å². The van der Waals surface area contributed by atoms with Crippen LogP contribution >= 0.6 is 7.82 Å². The number of carbonyl (C=O) groups excluding carboxylic acids is 2. The Morgan fingerprint density at radius 2 is 0.948 bits per heavy atom. The van der Waals surface area contributed by atoms with Crippen molar-refractivity contribution in [2.75, 3.05) is 13.2 Å². The maximum Gasteiger partial charge on any atom is 0.472 e. The third-order valence-electron chi connectivity index (χ3n) is 10.5. The van der Waals surface area contributed by atoms with E-state index in [-0.39, 0.29) is 12.8 Å². The van der Waals surface area contributed by atoms with E-state index in [1.165, 1.54) is 77.0 Å².